The van der Waals surface area contributed by atoms with Gasteiger partial charge in [0.25, 0.3) is 0 Å². The number of aliphatic hydroxyl groups is 1. The third-order valence-electron chi connectivity index (χ3n) is 7.40. The summed E-state index contributed by atoms with van der Waals surface area (Å²) in [6.07, 6.45) is 3.19. The molecule has 0 amide bonds. The van der Waals surface area contributed by atoms with Crippen molar-refractivity contribution in [1.82, 2.24) is 9.80 Å². The minimum Gasteiger partial charge on any atom is -0.507 e. The summed E-state index contributed by atoms with van der Waals surface area (Å²) in [6, 6.07) is 5.21. The molecular formula is C26H32N2O7. The van der Waals surface area contributed by atoms with Crippen molar-refractivity contribution in [2.75, 3.05) is 26.2 Å². The number of phenolic OH excluding ortho intramolecular Hbond substituents is 4. The Morgan fingerprint density at radius 1 is 0.800 bits per heavy atom. The fourth-order valence-corrected chi connectivity index (χ4v) is 5.61. The summed E-state index contributed by atoms with van der Waals surface area (Å²) in [4.78, 5) is 17.8. The normalized spacial score (nSPS) is 23.8. The Balaban J connectivity index is 1.56. The van der Waals surface area contributed by atoms with Crippen molar-refractivity contribution < 1.29 is 35.1 Å². The lowest BCUT2D eigenvalue weighted by Crippen LogP contribution is -2.46. The maximum atomic E-state index is 13.3. The molecule has 2 fully saturated rings. The maximum Gasteiger partial charge on any atom is 0.202 e. The number of aliphatic hydroxyl groups excluding tert-OH is 1. The van der Waals surface area contributed by atoms with E-state index in [2.05, 4.69) is 9.80 Å². The number of carbonyl (C=O) groups is 1. The van der Waals surface area contributed by atoms with E-state index >= 15 is 0 Å². The first-order valence-corrected chi connectivity index (χ1v) is 12.3. The number of phenols is 4. The molecule has 9 nitrogen and oxygen atoms in total. The summed E-state index contributed by atoms with van der Waals surface area (Å²) >= 11 is 0. The van der Waals surface area contributed by atoms with Gasteiger partial charge >= 0.3 is 0 Å². The highest BCUT2D eigenvalue weighted by Gasteiger charge is 2.42. The Hall–Kier alpha value is -3.01. The van der Waals surface area contributed by atoms with E-state index in [4.69, 9.17) is 4.74 Å². The largest absolute Gasteiger partial charge is 0.507 e. The highest BCUT2D eigenvalue weighted by atomic mass is 16.5. The van der Waals surface area contributed by atoms with Gasteiger partial charge in [0.2, 0.25) is 5.78 Å². The van der Waals surface area contributed by atoms with Gasteiger partial charge in [0.15, 0.2) is 23.7 Å². The van der Waals surface area contributed by atoms with Gasteiger partial charge in [-0.3, -0.25) is 14.6 Å². The van der Waals surface area contributed by atoms with Crippen molar-refractivity contribution in [3.8, 4) is 28.7 Å². The highest BCUT2D eigenvalue weighted by Crippen LogP contribution is 2.49. The zero-order valence-corrected chi connectivity index (χ0v) is 19.6. The molecule has 3 aliphatic rings. The van der Waals surface area contributed by atoms with Crippen LogP contribution in [0.1, 0.15) is 72.3 Å². The van der Waals surface area contributed by atoms with Crippen molar-refractivity contribution in [2.24, 2.45) is 0 Å². The molecule has 0 spiro atoms. The molecular weight excluding hydrogens is 452 g/mol. The molecule has 3 heterocycles. The summed E-state index contributed by atoms with van der Waals surface area (Å²) < 4.78 is 5.87. The second-order valence-corrected chi connectivity index (χ2v) is 9.69. The van der Waals surface area contributed by atoms with Crippen molar-refractivity contribution in [3.05, 3.63) is 41.0 Å². The van der Waals surface area contributed by atoms with Crippen molar-refractivity contribution in [1.29, 1.82) is 0 Å². The second-order valence-electron chi connectivity index (χ2n) is 9.69. The number of Topliss-reactive ketones (excluding diaryl/α,β-unsaturated/α-hetero) is 1. The highest BCUT2D eigenvalue weighted by molar-refractivity contribution is 6.06. The molecule has 0 saturated carbocycles. The van der Waals surface area contributed by atoms with E-state index in [1.165, 1.54) is 24.3 Å². The molecule has 3 aliphatic heterocycles. The lowest BCUT2D eigenvalue weighted by atomic mass is 9.90. The molecule has 35 heavy (non-hydrogen) atoms. The Morgan fingerprint density at radius 3 is 1.97 bits per heavy atom. The number of fused-ring (bicyclic) bond motifs is 1. The van der Waals surface area contributed by atoms with Crippen LogP contribution in [0.25, 0.3) is 0 Å². The molecule has 2 aromatic carbocycles. The molecule has 188 valence electrons. The second kappa shape index (κ2) is 9.56. The predicted octanol–water partition coefficient (Wildman–Crippen LogP) is 3.16. The maximum absolute atomic E-state index is 13.3. The van der Waals surface area contributed by atoms with Crippen molar-refractivity contribution in [2.45, 2.75) is 56.9 Å². The van der Waals surface area contributed by atoms with Gasteiger partial charge in [-0.2, -0.15) is 0 Å². The van der Waals surface area contributed by atoms with E-state index in [0.717, 1.165) is 64.7 Å². The molecule has 0 aliphatic carbocycles. The molecule has 2 aromatic rings. The van der Waals surface area contributed by atoms with Crippen molar-refractivity contribution >= 4 is 5.78 Å². The monoisotopic (exact) mass is 484 g/mol. The third-order valence-corrected chi connectivity index (χ3v) is 7.40. The molecule has 5 rings (SSSR count). The van der Waals surface area contributed by atoms with Crippen LogP contribution in [-0.2, 0) is 0 Å². The van der Waals surface area contributed by atoms with Gasteiger partial charge in [0.05, 0.1) is 11.7 Å². The lowest BCUT2D eigenvalue weighted by Gasteiger charge is -2.44. The number of nitrogens with zero attached hydrogens (tertiary/aromatic N) is 2. The number of rotatable bonds is 4. The summed E-state index contributed by atoms with van der Waals surface area (Å²) in [5.41, 5.74) is 0.398. The molecule has 2 saturated heterocycles. The zero-order valence-electron chi connectivity index (χ0n) is 19.6. The molecule has 0 bridgehead atoms. The summed E-state index contributed by atoms with van der Waals surface area (Å²) in [7, 11) is 0. The molecule has 9 heteroatoms. The smallest absolute Gasteiger partial charge is 0.202 e. The van der Waals surface area contributed by atoms with Gasteiger partial charge in [0, 0.05) is 6.07 Å². The Morgan fingerprint density at radius 2 is 1.40 bits per heavy atom. The van der Waals surface area contributed by atoms with Crippen LogP contribution >= 0.6 is 0 Å². The van der Waals surface area contributed by atoms with Gasteiger partial charge in [0.1, 0.15) is 22.8 Å². The van der Waals surface area contributed by atoms with E-state index in [1.807, 2.05) is 0 Å². The Kier molecular flexibility index (Phi) is 6.48. The number of aromatic hydroxyl groups is 4. The Bertz CT molecular complexity index is 1090. The first-order chi connectivity index (χ1) is 16.9. The SMILES string of the molecule is O=C1c2c(cc(O)c(C(N3CCCCC3)N3CCCCC3)c2O)OC(c2ccc(O)c(O)c2)C1O. The first-order valence-electron chi connectivity index (χ1n) is 12.3. The Labute approximate surface area is 203 Å². The van der Waals surface area contributed by atoms with Gasteiger partial charge in [-0.05, 0) is 69.6 Å². The third kappa shape index (κ3) is 4.28. The fraction of sp³-hybridized carbons (Fsp3) is 0.500. The van der Waals surface area contributed by atoms with E-state index < -0.39 is 23.7 Å². The molecule has 0 radical (unpaired) electrons. The quantitative estimate of drug-likeness (QED) is 0.415. The fourth-order valence-electron chi connectivity index (χ4n) is 5.61. The van der Waals surface area contributed by atoms with Crippen LogP contribution in [0.5, 0.6) is 28.7 Å². The van der Waals surface area contributed by atoms with Crippen molar-refractivity contribution in [3.63, 3.8) is 0 Å². The summed E-state index contributed by atoms with van der Waals surface area (Å²) in [5.74, 6) is -2.04. The van der Waals surface area contributed by atoms with Crippen LogP contribution in [0.2, 0.25) is 0 Å². The standard InChI is InChI=1S/C26H32N2O7/c29-16-8-7-15(13-17(16)30)25-24(34)23(33)21-19(35-25)14-18(31)20(22(21)32)26(27-9-3-1-4-10-27)28-11-5-2-6-12-28/h7-8,13-14,24-26,29-32,34H,1-6,9-12H2. The number of ketones is 1. The average molecular weight is 485 g/mol. The molecule has 0 aromatic heterocycles. The summed E-state index contributed by atoms with van der Waals surface area (Å²) in [5, 5.41) is 52.8. The molecule has 5 N–H and O–H groups in total. The minimum absolute atomic E-state index is 0.0346. The average Bonchev–Trinajstić information content (AvgIpc) is 2.86. The zero-order chi connectivity index (χ0) is 24.7. The molecule has 2 atom stereocenters. The number of likely N-dealkylation sites (tertiary alicyclic amines) is 2. The number of benzene rings is 2. The van der Waals surface area contributed by atoms with E-state index in [9.17, 15) is 30.3 Å². The minimum atomic E-state index is -1.64. The summed E-state index contributed by atoms with van der Waals surface area (Å²) in [6.45, 7) is 3.32. The topological polar surface area (TPSA) is 134 Å². The van der Waals surface area contributed by atoms with Crippen LogP contribution in [0, 0.1) is 0 Å². The van der Waals surface area contributed by atoms with E-state index in [0.29, 0.717) is 0 Å². The van der Waals surface area contributed by atoms with E-state index in [-0.39, 0.29) is 45.9 Å². The van der Waals surface area contributed by atoms with Crippen LogP contribution in [-0.4, -0.2) is 73.4 Å². The lowest BCUT2D eigenvalue weighted by molar-refractivity contribution is 0.0109. The number of hydrogen-bond donors (Lipinski definition) is 5. The van der Waals surface area contributed by atoms with Crippen LogP contribution < -0.4 is 4.74 Å². The van der Waals surface area contributed by atoms with Crippen LogP contribution in [0.3, 0.4) is 0 Å². The van der Waals surface area contributed by atoms with Gasteiger partial charge in [-0.15, -0.1) is 0 Å². The van der Waals surface area contributed by atoms with Crippen LogP contribution in [0.15, 0.2) is 24.3 Å². The van der Waals surface area contributed by atoms with Gasteiger partial charge in [-0.25, -0.2) is 0 Å². The molecule has 2 unspecified atom stereocenters. The van der Waals surface area contributed by atoms with Crippen LogP contribution in [0.4, 0.5) is 0 Å². The number of hydrogen-bond acceptors (Lipinski definition) is 9. The number of piperidine rings is 2. The van der Waals surface area contributed by atoms with Gasteiger partial charge in [-0.1, -0.05) is 18.9 Å². The number of carbonyl (C=O) groups excluding carboxylic acids is 1. The number of ether oxygens (including phenoxy) is 1. The van der Waals surface area contributed by atoms with E-state index in [1.54, 1.807) is 0 Å². The first kappa shape index (κ1) is 23.7. The predicted molar refractivity (Wildman–Crippen MR) is 127 cm³/mol. The van der Waals surface area contributed by atoms with Gasteiger partial charge < -0.3 is 30.3 Å².